The van der Waals surface area contributed by atoms with Crippen LogP contribution in [0.2, 0.25) is 0 Å². The maximum Gasteiger partial charge on any atom is 0.316 e. The van der Waals surface area contributed by atoms with Gasteiger partial charge in [0.05, 0.1) is 0 Å². The van der Waals surface area contributed by atoms with Crippen LogP contribution in [-0.2, 0) is 6.42 Å². The molecule has 0 bridgehead atoms. The van der Waals surface area contributed by atoms with Gasteiger partial charge in [0.15, 0.2) is 0 Å². The van der Waals surface area contributed by atoms with Gasteiger partial charge >= 0.3 is 11.8 Å². The summed E-state index contributed by atoms with van der Waals surface area (Å²) in [6, 6.07) is 15.7. The Hall–Kier alpha value is -3.02. The second-order valence-electron chi connectivity index (χ2n) is 5.83. The van der Waals surface area contributed by atoms with Gasteiger partial charge in [-0.2, -0.15) is 4.98 Å². The van der Waals surface area contributed by atoms with Crippen LogP contribution in [0.1, 0.15) is 29.6 Å². The van der Waals surface area contributed by atoms with E-state index in [2.05, 4.69) is 27.6 Å². The first kappa shape index (κ1) is 16.8. The second kappa shape index (κ2) is 7.70. The molecule has 0 aliphatic heterocycles. The Labute approximate surface area is 144 Å². The lowest BCUT2D eigenvalue weighted by Gasteiger charge is -2.12. The van der Waals surface area contributed by atoms with E-state index >= 15 is 0 Å². The summed E-state index contributed by atoms with van der Waals surface area (Å²) >= 11 is 0. The number of nitrogens with zero attached hydrogens (tertiary/aromatic N) is 2. The molecule has 25 heavy (non-hydrogen) atoms. The number of aryl methyl sites for hydroxylation is 1. The summed E-state index contributed by atoms with van der Waals surface area (Å²) in [5.41, 5.74) is 1.81. The zero-order valence-corrected chi connectivity index (χ0v) is 13.8. The molecule has 1 heterocycles. The number of nitrogens with one attached hydrogen (secondary N) is 1. The maximum atomic E-state index is 12.9. The standard InChI is InChI=1S/C19H18FN3O2/c1-13(7-8-14-5-3-2-4-6-14)21-18(24)19-22-17(23-25-19)15-9-11-16(20)12-10-15/h2-6,9-13H,7-8H2,1H3,(H,21,24)/t13-/m0/s1. The van der Waals surface area contributed by atoms with Gasteiger partial charge in [-0.15, -0.1) is 0 Å². The minimum atomic E-state index is -0.415. The monoisotopic (exact) mass is 339 g/mol. The molecular weight excluding hydrogens is 321 g/mol. The third-order valence-corrected chi connectivity index (χ3v) is 3.81. The molecule has 2 aromatic carbocycles. The topological polar surface area (TPSA) is 68.0 Å². The maximum absolute atomic E-state index is 12.9. The van der Waals surface area contributed by atoms with Gasteiger partial charge in [-0.3, -0.25) is 4.79 Å². The Kier molecular flexibility index (Phi) is 5.18. The highest BCUT2D eigenvalue weighted by molar-refractivity contribution is 5.90. The van der Waals surface area contributed by atoms with Crippen LogP contribution in [0.5, 0.6) is 0 Å². The summed E-state index contributed by atoms with van der Waals surface area (Å²) in [7, 11) is 0. The Bertz CT molecular complexity index is 831. The quantitative estimate of drug-likeness (QED) is 0.745. The molecule has 0 fully saturated rings. The second-order valence-corrected chi connectivity index (χ2v) is 5.83. The van der Waals surface area contributed by atoms with Crippen molar-refractivity contribution in [1.29, 1.82) is 0 Å². The van der Waals surface area contributed by atoms with Crippen LogP contribution in [0.15, 0.2) is 59.1 Å². The molecule has 128 valence electrons. The predicted molar refractivity (Wildman–Crippen MR) is 91.4 cm³/mol. The summed E-state index contributed by atoms with van der Waals surface area (Å²) < 4.78 is 18.0. The molecule has 1 atom stereocenters. The number of hydrogen-bond donors (Lipinski definition) is 1. The number of carbonyl (C=O) groups is 1. The van der Waals surface area contributed by atoms with E-state index in [4.69, 9.17) is 4.52 Å². The first-order chi connectivity index (χ1) is 12.1. The van der Waals surface area contributed by atoms with E-state index in [-0.39, 0.29) is 23.6 Å². The zero-order chi connectivity index (χ0) is 17.6. The number of hydrogen-bond acceptors (Lipinski definition) is 4. The highest BCUT2D eigenvalue weighted by Gasteiger charge is 2.18. The smallest absolute Gasteiger partial charge is 0.316 e. The number of benzene rings is 2. The van der Waals surface area contributed by atoms with Crippen molar-refractivity contribution in [1.82, 2.24) is 15.5 Å². The molecule has 0 aliphatic rings. The molecule has 0 unspecified atom stereocenters. The molecule has 0 spiro atoms. The average Bonchev–Trinajstić information content (AvgIpc) is 3.12. The van der Waals surface area contributed by atoms with E-state index in [0.717, 1.165) is 12.8 Å². The average molecular weight is 339 g/mol. The molecular formula is C19H18FN3O2. The van der Waals surface area contributed by atoms with Crippen LogP contribution in [0.3, 0.4) is 0 Å². The van der Waals surface area contributed by atoms with Crippen molar-refractivity contribution in [2.24, 2.45) is 0 Å². The van der Waals surface area contributed by atoms with E-state index in [1.165, 1.54) is 29.8 Å². The fourth-order valence-electron chi connectivity index (χ4n) is 2.42. The largest absolute Gasteiger partial charge is 0.345 e. The number of aromatic nitrogens is 2. The van der Waals surface area contributed by atoms with Crippen LogP contribution >= 0.6 is 0 Å². The van der Waals surface area contributed by atoms with Gasteiger partial charge in [-0.25, -0.2) is 4.39 Å². The fraction of sp³-hybridized carbons (Fsp3) is 0.211. The highest BCUT2D eigenvalue weighted by atomic mass is 19.1. The van der Waals surface area contributed by atoms with Crippen LogP contribution in [-0.4, -0.2) is 22.1 Å². The predicted octanol–water partition coefficient (Wildman–Crippen LogP) is 3.63. The minimum absolute atomic E-state index is 0.0334. The SMILES string of the molecule is C[C@@H](CCc1ccccc1)NC(=O)c1nc(-c2ccc(F)cc2)no1. The summed E-state index contributed by atoms with van der Waals surface area (Å²) in [5.74, 6) is -0.619. The Morgan fingerprint density at radius 2 is 1.88 bits per heavy atom. The first-order valence-corrected chi connectivity index (χ1v) is 8.06. The molecule has 0 saturated heterocycles. The van der Waals surface area contributed by atoms with E-state index in [9.17, 15) is 9.18 Å². The van der Waals surface area contributed by atoms with Crippen molar-refractivity contribution in [3.05, 3.63) is 71.9 Å². The number of carbonyl (C=O) groups excluding carboxylic acids is 1. The fourth-order valence-corrected chi connectivity index (χ4v) is 2.42. The van der Waals surface area contributed by atoms with E-state index in [0.29, 0.717) is 5.56 Å². The first-order valence-electron chi connectivity index (χ1n) is 8.06. The van der Waals surface area contributed by atoms with Gasteiger partial charge in [0.2, 0.25) is 5.82 Å². The third-order valence-electron chi connectivity index (χ3n) is 3.81. The third kappa shape index (κ3) is 4.50. The van der Waals surface area contributed by atoms with Crippen molar-refractivity contribution >= 4 is 5.91 Å². The molecule has 1 N–H and O–H groups in total. The number of rotatable bonds is 6. The van der Waals surface area contributed by atoms with Crippen molar-refractivity contribution in [2.75, 3.05) is 0 Å². The molecule has 6 heteroatoms. The van der Waals surface area contributed by atoms with Crippen molar-refractivity contribution < 1.29 is 13.7 Å². The van der Waals surface area contributed by atoms with Crippen LogP contribution in [0.25, 0.3) is 11.4 Å². The van der Waals surface area contributed by atoms with E-state index < -0.39 is 5.91 Å². The van der Waals surface area contributed by atoms with Crippen molar-refractivity contribution in [2.45, 2.75) is 25.8 Å². The lowest BCUT2D eigenvalue weighted by Crippen LogP contribution is -2.33. The number of halogens is 1. The van der Waals surface area contributed by atoms with Gasteiger partial charge in [0, 0.05) is 11.6 Å². The van der Waals surface area contributed by atoms with Crippen LogP contribution in [0, 0.1) is 5.82 Å². The molecule has 0 radical (unpaired) electrons. The molecule has 0 aliphatic carbocycles. The normalized spacial score (nSPS) is 11.9. The van der Waals surface area contributed by atoms with Gasteiger partial charge in [-0.05, 0) is 49.6 Å². The van der Waals surface area contributed by atoms with Crippen LogP contribution in [0.4, 0.5) is 4.39 Å². The van der Waals surface area contributed by atoms with Gasteiger partial charge in [-0.1, -0.05) is 35.5 Å². The van der Waals surface area contributed by atoms with Crippen LogP contribution < -0.4 is 5.32 Å². The number of amides is 1. The summed E-state index contributed by atoms with van der Waals surface area (Å²) in [4.78, 5) is 16.3. The molecule has 1 amide bonds. The molecule has 3 aromatic rings. The summed E-state index contributed by atoms with van der Waals surface area (Å²) in [6.45, 7) is 1.93. The van der Waals surface area contributed by atoms with E-state index in [1.54, 1.807) is 0 Å². The molecule has 5 nitrogen and oxygen atoms in total. The zero-order valence-electron chi connectivity index (χ0n) is 13.8. The summed E-state index contributed by atoms with van der Waals surface area (Å²) in [6.07, 6.45) is 1.67. The summed E-state index contributed by atoms with van der Waals surface area (Å²) in [5, 5.41) is 6.61. The van der Waals surface area contributed by atoms with Gasteiger partial charge in [0.1, 0.15) is 5.82 Å². The Morgan fingerprint density at radius 1 is 1.16 bits per heavy atom. The lowest BCUT2D eigenvalue weighted by atomic mass is 10.1. The molecule has 0 saturated carbocycles. The lowest BCUT2D eigenvalue weighted by molar-refractivity contribution is 0.0894. The molecule has 3 rings (SSSR count). The van der Waals surface area contributed by atoms with Crippen molar-refractivity contribution in [3.8, 4) is 11.4 Å². The van der Waals surface area contributed by atoms with Gasteiger partial charge < -0.3 is 9.84 Å². The minimum Gasteiger partial charge on any atom is -0.345 e. The van der Waals surface area contributed by atoms with Gasteiger partial charge in [0.25, 0.3) is 0 Å². The Morgan fingerprint density at radius 3 is 2.60 bits per heavy atom. The van der Waals surface area contributed by atoms with Crippen molar-refractivity contribution in [3.63, 3.8) is 0 Å². The van der Waals surface area contributed by atoms with E-state index in [1.807, 2.05) is 25.1 Å². The molecule has 1 aromatic heterocycles. The highest BCUT2D eigenvalue weighted by Crippen LogP contribution is 2.16. The Balaban J connectivity index is 1.57.